The minimum atomic E-state index is -0.419. The maximum absolute atomic E-state index is 12.7. The molecule has 0 aliphatic carbocycles. The van der Waals surface area contributed by atoms with Crippen molar-refractivity contribution in [2.24, 2.45) is 4.99 Å². The molecule has 0 aliphatic heterocycles. The molecule has 0 unspecified atom stereocenters. The Kier molecular flexibility index (Phi) is 6.57. The number of aromatic nitrogens is 1. The number of carbonyl (C=O) groups is 2. The minimum absolute atomic E-state index is 0.271. The van der Waals surface area contributed by atoms with Crippen molar-refractivity contribution in [1.82, 2.24) is 4.57 Å². The second-order valence-electron chi connectivity index (χ2n) is 6.46. The Hall–Kier alpha value is -2.82. The first kappa shape index (κ1) is 20.9. The number of ether oxygens (including phenoxy) is 1. The molecule has 0 bridgehead atoms. The maximum atomic E-state index is 12.7. The Labute approximate surface area is 177 Å². The molecule has 0 spiro atoms. The summed E-state index contributed by atoms with van der Waals surface area (Å²) in [6.07, 6.45) is 5.51. The van der Waals surface area contributed by atoms with Gasteiger partial charge in [-0.3, -0.25) is 4.79 Å². The van der Waals surface area contributed by atoms with Crippen molar-refractivity contribution in [1.29, 1.82) is 0 Å². The third-order valence-electron chi connectivity index (χ3n) is 4.02. The molecule has 3 aromatic rings. The van der Waals surface area contributed by atoms with Crippen LogP contribution in [-0.4, -0.2) is 28.8 Å². The lowest BCUT2D eigenvalue weighted by Gasteiger charge is -2.04. The SMILES string of the molecule is C#CCn1c(=NC(=O)c2ccc(SC(C)C)cc2)sc2cc(C(=O)OC)ccc21. The van der Waals surface area contributed by atoms with Crippen molar-refractivity contribution < 1.29 is 14.3 Å². The van der Waals surface area contributed by atoms with Gasteiger partial charge in [-0.2, -0.15) is 4.99 Å². The van der Waals surface area contributed by atoms with E-state index in [4.69, 9.17) is 11.2 Å². The standard InChI is InChI=1S/C22H20N2O3S2/c1-5-12-24-18-11-8-16(21(26)27-4)13-19(18)29-22(24)23-20(25)15-6-9-17(10-7-15)28-14(2)3/h1,6-11,13-14H,12H2,2-4H3. The highest BCUT2D eigenvalue weighted by Crippen LogP contribution is 2.23. The van der Waals surface area contributed by atoms with Gasteiger partial charge in [0.2, 0.25) is 0 Å². The molecule has 29 heavy (non-hydrogen) atoms. The fourth-order valence-corrected chi connectivity index (χ4v) is 4.65. The van der Waals surface area contributed by atoms with E-state index in [-0.39, 0.29) is 12.5 Å². The summed E-state index contributed by atoms with van der Waals surface area (Å²) in [4.78, 5) is 30.4. The number of esters is 1. The second kappa shape index (κ2) is 9.12. The van der Waals surface area contributed by atoms with E-state index in [1.54, 1.807) is 46.7 Å². The number of thiazole rings is 1. The Morgan fingerprint density at radius 1 is 1.21 bits per heavy atom. The van der Waals surface area contributed by atoms with Crippen LogP contribution in [0.5, 0.6) is 0 Å². The van der Waals surface area contributed by atoms with Crippen molar-refractivity contribution >= 4 is 45.2 Å². The quantitative estimate of drug-likeness (QED) is 0.347. The molecule has 0 radical (unpaired) electrons. The normalized spacial score (nSPS) is 11.6. The van der Waals surface area contributed by atoms with Gasteiger partial charge in [0.15, 0.2) is 4.80 Å². The summed E-state index contributed by atoms with van der Waals surface area (Å²) in [6.45, 7) is 4.51. The molecule has 1 heterocycles. The highest BCUT2D eigenvalue weighted by atomic mass is 32.2. The number of fused-ring (bicyclic) bond motifs is 1. The molecule has 1 amide bonds. The van der Waals surface area contributed by atoms with Crippen molar-refractivity contribution in [3.63, 3.8) is 0 Å². The molecule has 2 aromatic carbocycles. The Balaban J connectivity index is 2.01. The van der Waals surface area contributed by atoms with E-state index in [9.17, 15) is 9.59 Å². The van der Waals surface area contributed by atoms with Gasteiger partial charge in [0.05, 0.1) is 29.4 Å². The monoisotopic (exact) mass is 424 g/mol. The largest absolute Gasteiger partial charge is 0.465 e. The van der Waals surface area contributed by atoms with Crippen LogP contribution in [0.1, 0.15) is 34.6 Å². The van der Waals surface area contributed by atoms with Crippen LogP contribution in [0, 0.1) is 12.3 Å². The molecule has 1 aromatic heterocycles. The lowest BCUT2D eigenvalue weighted by molar-refractivity contribution is 0.0601. The summed E-state index contributed by atoms with van der Waals surface area (Å²) in [7, 11) is 1.34. The van der Waals surface area contributed by atoms with E-state index >= 15 is 0 Å². The van der Waals surface area contributed by atoms with Gasteiger partial charge < -0.3 is 9.30 Å². The van der Waals surface area contributed by atoms with Gasteiger partial charge in [0.1, 0.15) is 0 Å². The summed E-state index contributed by atoms with van der Waals surface area (Å²) < 4.78 is 7.37. The van der Waals surface area contributed by atoms with E-state index in [2.05, 4.69) is 24.8 Å². The molecule has 7 heteroatoms. The van der Waals surface area contributed by atoms with Crippen LogP contribution in [0.25, 0.3) is 10.2 Å². The van der Waals surface area contributed by atoms with Crippen LogP contribution in [0.15, 0.2) is 52.4 Å². The Morgan fingerprint density at radius 2 is 1.90 bits per heavy atom. The molecular weight excluding hydrogens is 404 g/mol. The number of amides is 1. The van der Waals surface area contributed by atoms with Gasteiger partial charge in [-0.05, 0) is 42.5 Å². The lowest BCUT2D eigenvalue weighted by Crippen LogP contribution is -2.16. The molecule has 0 saturated carbocycles. The van der Waals surface area contributed by atoms with Crippen LogP contribution in [-0.2, 0) is 11.3 Å². The fraction of sp³-hybridized carbons (Fsp3) is 0.227. The van der Waals surface area contributed by atoms with Crippen LogP contribution < -0.4 is 4.80 Å². The van der Waals surface area contributed by atoms with Crippen LogP contribution in [0.3, 0.4) is 0 Å². The predicted molar refractivity (Wildman–Crippen MR) is 117 cm³/mol. The van der Waals surface area contributed by atoms with Gasteiger partial charge in [0.25, 0.3) is 5.91 Å². The molecular formula is C22H20N2O3S2. The number of methoxy groups -OCH3 is 1. The number of terminal acetylenes is 1. The van der Waals surface area contributed by atoms with E-state index in [1.165, 1.54) is 18.4 Å². The fourth-order valence-electron chi connectivity index (χ4n) is 2.75. The summed E-state index contributed by atoms with van der Waals surface area (Å²) in [5.74, 6) is 1.84. The Morgan fingerprint density at radius 3 is 2.52 bits per heavy atom. The molecule has 0 atom stereocenters. The number of hydrogen-bond acceptors (Lipinski definition) is 5. The van der Waals surface area contributed by atoms with Crippen molar-refractivity contribution in [2.75, 3.05) is 7.11 Å². The Bertz CT molecular complexity index is 1170. The van der Waals surface area contributed by atoms with Crippen LogP contribution in [0.4, 0.5) is 0 Å². The van der Waals surface area contributed by atoms with Crippen molar-refractivity contribution in [2.45, 2.75) is 30.5 Å². The van der Waals surface area contributed by atoms with Crippen LogP contribution in [0.2, 0.25) is 0 Å². The zero-order valence-corrected chi connectivity index (χ0v) is 18.0. The first-order valence-electron chi connectivity index (χ1n) is 8.94. The first-order chi connectivity index (χ1) is 13.9. The predicted octanol–water partition coefficient (Wildman–Crippen LogP) is 4.36. The smallest absolute Gasteiger partial charge is 0.337 e. The second-order valence-corrected chi connectivity index (χ2v) is 9.12. The average molecular weight is 425 g/mol. The number of carbonyl (C=O) groups excluding carboxylic acids is 2. The number of hydrogen-bond donors (Lipinski definition) is 0. The zero-order chi connectivity index (χ0) is 21.0. The topological polar surface area (TPSA) is 60.7 Å². The van der Waals surface area contributed by atoms with E-state index < -0.39 is 5.97 Å². The number of thioether (sulfide) groups is 1. The molecule has 3 rings (SSSR count). The maximum Gasteiger partial charge on any atom is 0.337 e. The van der Waals surface area contributed by atoms with Gasteiger partial charge in [0, 0.05) is 15.7 Å². The molecule has 5 nitrogen and oxygen atoms in total. The molecule has 0 aliphatic rings. The summed E-state index contributed by atoms with van der Waals surface area (Å²) in [5, 5.41) is 0.470. The molecule has 0 N–H and O–H groups in total. The highest BCUT2D eigenvalue weighted by Gasteiger charge is 2.12. The molecule has 0 saturated heterocycles. The van der Waals surface area contributed by atoms with Gasteiger partial charge in [-0.1, -0.05) is 31.1 Å². The van der Waals surface area contributed by atoms with Crippen molar-refractivity contribution in [3.05, 3.63) is 58.4 Å². The van der Waals surface area contributed by atoms with Crippen LogP contribution >= 0.6 is 23.1 Å². The summed E-state index contributed by atoms with van der Waals surface area (Å²) >= 11 is 3.04. The summed E-state index contributed by atoms with van der Waals surface area (Å²) in [6, 6.07) is 12.6. The van der Waals surface area contributed by atoms with Gasteiger partial charge in [-0.15, -0.1) is 18.2 Å². The van der Waals surface area contributed by atoms with E-state index in [0.717, 1.165) is 15.1 Å². The number of nitrogens with zero attached hydrogens (tertiary/aromatic N) is 2. The lowest BCUT2D eigenvalue weighted by atomic mass is 10.2. The third-order valence-corrected chi connectivity index (χ3v) is 6.08. The van der Waals surface area contributed by atoms with E-state index in [1.807, 2.05) is 12.1 Å². The van der Waals surface area contributed by atoms with Gasteiger partial charge >= 0.3 is 5.97 Å². The average Bonchev–Trinajstić information content (AvgIpc) is 3.04. The first-order valence-corrected chi connectivity index (χ1v) is 10.6. The molecule has 148 valence electrons. The highest BCUT2D eigenvalue weighted by molar-refractivity contribution is 7.99. The van der Waals surface area contributed by atoms with Crippen molar-refractivity contribution in [3.8, 4) is 12.3 Å². The van der Waals surface area contributed by atoms with Gasteiger partial charge in [-0.25, -0.2) is 4.79 Å². The number of rotatable bonds is 5. The zero-order valence-electron chi connectivity index (χ0n) is 16.3. The van der Waals surface area contributed by atoms with E-state index in [0.29, 0.717) is 21.2 Å². The molecule has 0 fully saturated rings. The summed E-state index contributed by atoms with van der Waals surface area (Å²) in [5.41, 5.74) is 1.76. The third kappa shape index (κ3) is 4.78. The number of benzene rings is 2. The minimum Gasteiger partial charge on any atom is -0.465 e.